The number of carbonyl (C=O) groups is 2. The van der Waals surface area contributed by atoms with Crippen LogP contribution in [-0.2, 0) is 9.53 Å². The SMILES string of the molecule is CC(C)OC(=O)N[C@H](C(=O)N=O)C(C)C. The van der Waals surface area contributed by atoms with Gasteiger partial charge in [-0.3, -0.25) is 4.79 Å². The Bertz CT molecular complexity index is 250. The predicted molar refractivity (Wildman–Crippen MR) is 54.2 cm³/mol. The molecule has 0 aliphatic rings. The molecule has 2 amide bonds. The van der Waals surface area contributed by atoms with Gasteiger partial charge in [0.1, 0.15) is 6.04 Å². The summed E-state index contributed by atoms with van der Waals surface area (Å²) in [5.74, 6) is -1.11. The van der Waals surface area contributed by atoms with Gasteiger partial charge in [0, 0.05) is 5.18 Å². The van der Waals surface area contributed by atoms with E-state index in [1.807, 2.05) is 0 Å². The van der Waals surface area contributed by atoms with E-state index >= 15 is 0 Å². The Balaban J connectivity index is 4.35. The molecular formula is C9H16N2O4. The molecule has 0 radical (unpaired) electrons. The number of rotatable bonds is 4. The third kappa shape index (κ3) is 5.09. The van der Waals surface area contributed by atoms with Gasteiger partial charge in [0.25, 0.3) is 0 Å². The molecule has 6 nitrogen and oxygen atoms in total. The van der Waals surface area contributed by atoms with Crippen molar-refractivity contribution in [2.24, 2.45) is 11.1 Å². The largest absolute Gasteiger partial charge is 0.447 e. The molecular weight excluding hydrogens is 200 g/mol. The van der Waals surface area contributed by atoms with E-state index in [-0.39, 0.29) is 12.0 Å². The molecule has 1 atom stereocenters. The van der Waals surface area contributed by atoms with Gasteiger partial charge in [-0.25, -0.2) is 4.79 Å². The van der Waals surface area contributed by atoms with Crippen molar-refractivity contribution in [3.05, 3.63) is 4.91 Å². The number of nitrogens with zero attached hydrogens (tertiary/aromatic N) is 1. The fraction of sp³-hybridized carbons (Fsp3) is 0.778. The first kappa shape index (κ1) is 13.5. The summed E-state index contributed by atoms with van der Waals surface area (Å²) >= 11 is 0. The lowest BCUT2D eigenvalue weighted by Crippen LogP contribution is -2.44. The van der Waals surface area contributed by atoms with Gasteiger partial charge in [-0.2, -0.15) is 0 Å². The third-order valence-electron chi connectivity index (χ3n) is 1.64. The Hall–Kier alpha value is -1.46. The van der Waals surface area contributed by atoms with E-state index in [4.69, 9.17) is 4.74 Å². The molecule has 0 aromatic rings. The fourth-order valence-electron chi connectivity index (χ4n) is 0.945. The van der Waals surface area contributed by atoms with Crippen LogP contribution >= 0.6 is 0 Å². The maximum Gasteiger partial charge on any atom is 0.408 e. The molecule has 0 saturated heterocycles. The van der Waals surface area contributed by atoms with E-state index in [0.717, 1.165) is 0 Å². The van der Waals surface area contributed by atoms with Gasteiger partial charge in [-0.1, -0.05) is 13.8 Å². The van der Waals surface area contributed by atoms with Gasteiger partial charge in [-0.05, 0) is 19.8 Å². The average Bonchev–Trinajstić information content (AvgIpc) is 2.11. The van der Waals surface area contributed by atoms with E-state index in [0.29, 0.717) is 0 Å². The highest BCUT2D eigenvalue weighted by Crippen LogP contribution is 2.04. The molecule has 0 fully saturated rings. The molecule has 86 valence electrons. The Morgan fingerprint density at radius 2 is 1.73 bits per heavy atom. The monoisotopic (exact) mass is 216 g/mol. The van der Waals surface area contributed by atoms with Crippen LogP contribution in [0.2, 0.25) is 0 Å². The number of carbonyl (C=O) groups excluding carboxylic acids is 2. The van der Waals surface area contributed by atoms with Crippen molar-refractivity contribution in [2.45, 2.75) is 39.8 Å². The lowest BCUT2D eigenvalue weighted by atomic mass is 10.0. The first-order valence-electron chi connectivity index (χ1n) is 4.72. The molecule has 0 spiro atoms. The molecule has 6 heteroatoms. The van der Waals surface area contributed by atoms with Crippen LogP contribution in [0.15, 0.2) is 5.18 Å². The molecule has 1 N–H and O–H groups in total. The van der Waals surface area contributed by atoms with Crippen molar-refractivity contribution in [1.29, 1.82) is 0 Å². The summed E-state index contributed by atoms with van der Waals surface area (Å²) in [4.78, 5) is 32.2. The van der Waals surface area contributed by atoms with Gasteiger partial charge in [0.15, 0.2) is 0 Å². The number of nitrogens with one attached hydrogen (secondary N) is 1. The fourth-order valence-corrected chi connectivity index (χ4v) is 0.945. The smallest absolute Gasteiger partial charge is 0.408 e. The van der Waals surface area contributed by atoms with Crippen molar-refractivity contribution < 1.29 is 14.3 Å². The van der Waals surface area contributed by atoms with Crippen LogP contribution in [0, 0.1) is 10.8 Å². The maximum atomic E-state index is 11.2. The van der Waals surface area contributed by atoms with E-state index in [1.165, 1.54) is 0 Å². The summed E-state index contributed by atoms with van der Waals surface area (Å²) in [6.45, 7) is 6.76. The number of nitroso groups, excluding NO2 is 1. The molecule has 0 bridgehead atoms. The zero-order valence-electron chi connectivity index (χ0n) is 9.31. The zero-order chi connectivity index (χ0) is 12.0. The third-order valence-corrected chi connectivity index (χ3v) is 1.64. The molecule has 0 saturated carbocycles. The van der Waals surface area contributed by atoms with E-state index < -0.39 is 18.0 Å². The summed E-state index contributed by atoms with van der Waals surface area (Å²) in [7, 11) is 0. The first-order valence-corrected chi connectivity index (χ1v) is 4.72. The van der Waals surface area contributed by atoms with Gasteiger partial charge >= 0.3 is 12.0 Å². The van der Waals surface area contributed by atoms with Crippen molar-refractivity contribution in [1.82, 2.24) is 5.32 Å². The van der Waals surface area contributed by atoms with Crippen molar-refractivity contribution >= 4 is 12.0 Å². The summed E-state index contributed by atoms with van der Waals surface area (Å²) in [5, 5.41) is 4.58. The van der Waals surface area contributed by atoms with Crippen molar-refractivity contribution in [3.8, 4) is 0 Å². The lowest BCUT2D eigenvalue weighted by Gasteiger charge is -2.18. The van der Waals surface area contributed by atoms with Gasteiger partial charge in [0.05, 0.1) is 6.10 Å². The molecule has 0 heterocycles. The number of hydrogen-bond donors (Lipinski definition) is 1. The average molecular weight is 216 g/mol. The molecule has 0 unspecified atom stereocenters. The second-order valence-electron chi connectivity index (χ2n) is 3.75. The topological polar surface area (TPSA) is 84.8 Å². The maximum absolute atomic E-state index is 11.2. The van der Waals surface area contributed by atoms with Gasteiger partial charge < -0.3 is 10.1 Å². The van der Waals surface area contributed by atoms with Crippen molar-refractivity contribution in [2.75, 3.05) is 0 Å². The normalized spacial score (nSPS) is 12.4. The number of hydrogen-bond acceptors (Lipinski definition) is 4. The number of alkyl carbamates (subject to hydrolysis) is 1. The second kappa shape index (κ2) is 6.10. The van der Waals surface area contributed by atoms with E-state index in [2.05, 4.69) is 10.5 Å². The van der Waals surface area contributed by atoms with Crippen molar-refractivity contribution in [3.63, 3.8) is 0 Å². The highest BCUT2D eigenvalue weighted by Gasteiger charge is 2.25. The minimum atomic E-state index is -0.922. The molecule has 0 aromatic heterocycles. The minimum absolute atomic E-state index is 0.213. The molecule has 0 aliphatic carbocycles. The van der Waals surface area contributed by atoms with Crippen LogP contribution in [0.5, 0.6) is 0 Å². The highest BCUT2D eigenvalue weighted by molar-refractivity contribution is 5.86. The molecule has 15 heavy (non-hydrogen) atoms. The number of amides is 2. The van der Waals surface area contributed by atoms with Crippen LogP contribution in [-0.4, -0.2) is 24.1 Å². The van der Waals surface area contributed by atoms with Crippen LogP contribution in [0.4, 0.5) is 4.79 Å². The zero-order valence-corrected chi connectivity index (χ0v) is 9.31. The van der Waals surface area contributed by atoms with E-state index in [1.54, 1.807) is 27.7 Å². The lowest BCUT2D eigenvalue weighted by molar-refractivity contribution is -0.120. The predicted octanol–water partition coefficient (Wildman–Crippen LogP) is 1.44. The van der Waals surface area contributed by atoms with Crippen LogP contribution in [0.25, 0.3) is 0 Å². The second-order valence-corrected chi connectivity index (χ2v) is 3.75. The van der Waals surface area contributed by atoms with Gasteiger partial charge in [0.2, 0.25) is 0 Å². The Morgan fingerprint density at radius 3 is 2.07 bits per heavy atom. The number of ether oxygens (including phenoxy) is 1. The summed E-state index contributed by atoms with van der Waals surface area (Å²) in [6, 6.07) is -0.922. The highest BCUT2D eigenvalue weighted by atomic mass is 16.6. The van der Waals surface area contributed by atoms with E-state index in [9.17, 15) is 14.5 Å². The van der Waals surface area contributed by atoms with Crippen LogP contribution < -0.4 is 5.32 Å². The van der Waals surface area contributed by atoms with Crippen LogP contribution in [0.1, 0.15) is 27.7 Å². The van der Waals surface area contributed by atoms with Gasteiger partial charge in [-0.15, -0.1) is 4.91 Å². The summed E-state index contributed by atoms with van der Waals surface area (Å²) in [5.41, 5.74) is 0. The summed E-state index contributed by atoms with van der Waals surface area (Å²) in [6.07, 6.45) is -1.00. The molecule has 0 aromatic carbocycles. The minimum Gasteiger partial charge on any atom is -0.447 e. The quantitative estimate of drug-likeness (QED) is 0.720. The summed E-state index contributed by atoms with van der Waals surface area (Å²) < 4.78 is 4.78. The standard InChI is InChI=1S/C9H16N2O4/c1-5(2)7(8(12)11-14)10-9(13)15-6(3)4/h5-7H,1-4H3,(H,10,13)/t7-/m0/s1. The molecule has 0 aliphatic heterocycles. The molecule has 0 rings (SSSR count). The first-order chi connectivity index (χ1) is 6.88. The Kier molecular flexibility index (Phi) is 5.51. The Morgan fingerprint density at radius 1 is 1.20 bits per heavy atom. The Labute approximate surface area is 88.3 Å². The van der Waals surface area contributed by atoms with Crippen LogP contribution in [0.3, 0.4) is 0 Å².